The van der Waals surface area contributed by atoms with Crippen LogP contribution in [-0.2, 0) is 17.9 Å². The van der Waals surface area contributed by atoms with Crippen molar-refractivity contribution in [2.75, 3.05) is 7.11 Å². The SMILES string of the molecule is COCc1nn(Cc2nc3ccc([N+](=O)[O-])cc3[nH]2)c(=O)o1. The molecule has 3 rings (SSSR count). The van der Waals surface area contributed by atoms with Crippen molar-refractivity contribution in [3.05, 3.63) is 50.6 Å². The average Bonchev–Trinajstić information content (AvgIpc) is 3.02. The predicted molar refractivity (Wildman–Crippen MR) is 73.3 cm³/mol. The Morgan fingerprint density at radius 1 is 1.50 bits per heavy atom. The Kier molecular flexibility index (Phi) is 3.43. The number of H-pyrrole nitrogens is 1. The van der Waals surface area contributed by atoms with Gasteiger partial charge in [0.15, 0.2) is 0 Å². The number of aromatic amines is 1. The van der Waals surface area contributed by atoms with E-state index in [-0.39, 0.29) is 24.7 Å². The lowest BCUT2D eigenvalue weighted by Crippen LogP contribution is -2.17. The molecule has 0 atom stereocenters. The Hall–Kier alpha value is -3.01. The van der Waals surface area contributed by atoms with Crippen LogP contribution in [0.5, 0.6) is 0 Å². The standard InChI is InChI=1S/C12H11N5O5/c1-21-6-11-15-16(12(18)22-11)5-10-13-8-3-2-7(17(19)20)4-9(8)14-10/h2-4H,5-6H2,1H3,(H,13,14). The second-order valence-corrected chi connectivity index (χ2v) is 4.49. The van der Waals surface area contributed by atoms with Gasteiger partial charge in [0.2, 0.25) is 5.89 Å². The third-order valence-corrected chi connectivity index (χ3v) is 2.94. The van der Waals surface area contributed by atoms with Gasteiger partial charge in [0.1, 0.15) is 19.0 Å². The van der Waals surface area contributed by atoms with Gasteiger partial charge in [0, 0.05) is 19.2 Å². The number of hydrogen-bond acceptors (Lipinski definition) is 7. The predicted octanol–water partition coefficient (Wildman–Crippen LogP) is 0.815. The van der Waals surface area contributed by atoms with Crippen LogP contribution in [0.4, 0.5) is 5.69 Å². The lowest BCUT2D eigenvalue weighted by molar-refractivity contribution is -0.384. The van der Waals surface area contributed by atoms with Crippen LogP contribution in [0.25, 0.3) is 11.0 Å². The zero-order valence-corrected chi connectivity index (χ0v) is 11.5. The first-order valence-electron chi connectivity index (χ1n) is 6.25. The first-order chi connectivity index (χ1) is 10.6. The Morgan fingerprint density at radius 2 is 2.32 bits per heavy atom. The zero-order valence-electron chi connectivity index (χ0n) is 11.5. The molecule has 22 heavy (non-hydrogen) atoms. The molecule has 0 fully saturated rings. The van der Waals surface area contributed by atoms with E-state index in [2.05, 4.69) is 15.1 Å². The number of nitrogens with one attached hydrogen (secondary N) is 1. The van der Waals surface area contributed by atoms with Gasteiger partial charge >= 0.3 is 5.76 Å². The van der Waals surface area contributed by atoms with Gasteiger partial charge in [0.25, 0.3) is 5.69 Å². The number of methoxy groups -OCH3 is 1. The molecule has 0 aliphatic rings. The Bertz CT molecular complexity index is 893. The minimum atomic E-state index is -0.626. The summed E-state index contributed by atoms with van der Waals surface area (Å²) in [5, 5.41) is 14.7. The molecule has 1 aromatic carbocycles. The summed E-state index contributed by atoms with van der Waals surface area (Å²) < 4.78 is 10.8. The number of nitro benzene ring substituents is 1. The minimum Gasteiger partial charge on any atom is -0.390 e. The van der Waals surface area contributed by atoms with Crippen molar-refractivity contribution >= 4 is 16.7 Å². The van der Waals surface area contributed by atoms with E-state index < -0.39 is 10.7 Å². The molecule has 2 aromatic heterocycles. The lowest BCUT2D eigenvalue weighted by atomic mass is 10.3. The van der Waals surface area contributed by atoms with E-state index in [1.807, 2.05) is 0 Å². The topological polar surface area (TPSA) is 129 Å². The van der Waals surface area contributed by atoms with Crippen LogP contribution < -0.4 is 5.76 Å². The largest absolute Gasteiger partial charge is 0.437 e. The second-order valence-electron chi connectivity index (χ2n) is 4.49. The number of ether oxygens (including phenoxy) is 1. The number of fused-ring (bicyclic) bond motifs is 1. The van der Waals surface area contributed by atoms with Crippen molar-refractivity contribution in [3.63, 3.8) is 0 Å². The molecule has 3 aromatic rings. The number of nitro groups is 1. The van der Waals surface area contributed by atoms with E-state index in [1.165, 1.54) is 25.3 Å². The molecule has 0 aliphatic carbocycles. The number of imidazole rings is 1. The highest BCUT2D eigenvalue weighted by Crippen LogP contribution is 2.19. The molecule has 0 spiro atoms. The first-order valence-corrected chi connectivity index (χ1v) is 6.25. The van der Waals surface area contributed by atoms with Crippen LogP contribution in [0.1, 0.15) is 11.7 Å². The van der Waals surface area contributed by atoms with Crippen LogP contribution in [-0.4, -0.2) is 31.8 Å². The van der Waals surface area contributed by atoms with Gasteiger partial charge in [-0.05, 0) is 6.07 Å². The number of aromatic nitrogens is 4. The molecular formula is C12H11N5O5. The molecule has 0 bridgehead atoms. The van der Waals surface area contributed by atoms with Crippen molar-refractivity contribution in [1.29, 1.82) is 0 Å². The molecule has 1 N–H and O–H groups in total. The van der Waals surface area contributed by atoms with Crippen molar-refractivity contribution in [1.82, 2.24) is 19.7 Å². The van der Waals surface area contributed by atoms with E-state index in [0.717, 1.165) is 4.68 Å². The van der Waals surface area contributed by atoms with Gasteiger partial charge in [-0.2, -0.15) is 4.68 Å². The van der Waals surface area contributed by atoms with Gasteiger partial charge < -0.3 is 14.1 Å². The maximum absolute atomic E-state index is 11.6. The normalized spacial score (nSPS) is 11.1. The summed E-state index contributed by atoms with van der Waals surface area (Å²) in [6.45, 7) is 0.156. The van der Waals surface area contributed by atoms with Gasteiger partial charge in [0.05, 0.1) is 16.0 Å². The molecule has 10 nitrogen and oxygen atoms in total. The fourth-order valence-electron chi connectivity index (χ4n) is 2.01. The molecule has 2 heterocycles. The monoisotopic (exact) mass is 305 g/mol. The molecule has 0 aliphatic heterocycles. The van der Waals surface area contributed by atoms with Crippen molar-refractivity contribution < 1.29 is 14.1 Å². The fourth-order valence-corrected chi connectivity index (χ4v) is 2.01. The quantitative estimate of drug-likeness (QED) is 0.545. The van der Waals surface area contributed by atoms with E-state index >= 15 is 0 Å². The Labute approximate surface area is 122 Å². The summed E-state index contributed by atoms with van der Waals surface area (Å²) in [5.41, 5.74) is 1.04. The molecule has 114 valence electrons. The molecule has 0 radical (unpaired) electrons. The Morgan fingerprint density at radius 3 is 3.05 bits per heavy atom. The number of benzene rings is 1. The maximum atomic E-state index is 11.6. The number of nitrogens with zero attached hydrogens (tertiary/aromatic N) is 4. The van der Waals surface area contributed by atoms with Crippen LogP contribution in [0.2, 0.25) is 0 Å². The maximum Gasteiger partial charge on any atom is 0.437 e. The van der Waals surface area contributed by atoms with Crippen LogP contribution in [0, 0.1) is 10.1 Å². The third kappa shape index (κ3) is 2.59. The summed E-state index contributed by atoms with van der Waals surface area (Å²) in [7, 11) is 1.46. The molecule has 10 heteroatoms. The summed E-state index contributed by atoms with van der Waals surface area (Å²) in [5.74, 6) is -0.0207. The van der Waals surface area contributed by atoms with E-state index in [9.17, 15) is 14.9 Å². The van der Waals surface area contributed by atoms with E-state index in [0.29, 0.717) is 16.9 Å². The molecule has 0 saturated carbocycles. The summed E-state index contributed by atoms with van der Waals surface area (Å²) in [4.78, 5) is 29.1. The highest BCUT2D eigenvalue weighted by molar-refractivity contribution is 5.77. The van der Waals surface area contributed by atoms with Crippen molar-refractivity contribution in [2.45, 2.75) is 13.2 Å². The van der Waals surface area contributed by atoms with Crippen molar-refractivity contribution in [2.24, 2.45) is 0 Å². The van der Waals surface area contributed by atoms with E-state index in [4.69, 9.17) is 9.15 Å². The number of rotatable bonds is 5. The average molecular weight is 305 g/mol. The smallest absolute Gasteiger partial charge is 0.390 e. The number of hydrogen-bond donors (Lipinski definition) is 1. The van der Waals surface area contributed by atoms with Crippen LogP contribution in [0.15, 0.2) is 27.4 Å². The molecule has 0 amide bonds. The summed E-state index contributed by atoms with van der Waals surface area (Å²) in [6.07, 6.45) is 0. The van der Waals surface area contributed by atoms with Crippen LogP contribution in [0.3, 0.4) is 0 Å². The lowest BCUT2D eigenvalue weighted by Gasteiger charge is -1.93. The van der Waals surface area contributed by atoms with E-state index in [1.54, 1.807) is 0 Å². The second kappa shape index (κ2) is 5.41. The Balaban J connectivity index is 1.90. The van der Waals surface area contributed by atoms with Gasteiger partial charge in [-0.15, -0.1) is 5.10 Å². The number of non-ortho nitro benzene ring substituents is 1. The minimum absolute atomic E-state index is 0.0383. The van der Waals surface area contributed by atoms with Gasteiger partial charge in [-0.3, -0.25) is 10.1 Å². The highest BCUT2D eigenvalue weighted by Gasteiger charge is 2.12. The van der Waals surface area contributed by atoms with Crippen molar-refractivity contribution in [3.8, 4) is 0 Å². The first kappa shape index (κ1) is 13.9. The molecule has 0 unspecified atom stereocenters. The zero-order chi connectivity index (χ0) is 15.7. The third-order valence-electron chi connectivity index (χ3n) is 2.94. The van der Waals surface area contributed by atoms with Crippen LogP contribution >= 0.6 is 0 Å². The molecule has 0 saturated heterocycles. The summed E-state index contributed by atoms with van der Waals surface area (Å²) in [6, 6.07) is 4.29. The van der Waals surface area contributed by atoms with Gasteiger partial charge in [-0.1, -0.05) is 0 Å². The summed E-state index contributed by atoms with van der Waals surface area (Å²) >= 11 is 0. The fraction of sp³-hybridized carbons (Fsp3) is 0.250. The molecular weight excluding hydrogens is 294 g/mol. The van der Waals surface area contributed by atoms with Gasteiger partial charge in [-0.25, -0.2) is 9.78 Å². The highest BCUT2D eigenvalue weighted by atomic mass is 16.6.